The molecule has 3 nitrogen and oxygen atoms in total. The second kappa shape index (κ2) is 7.85. The van der Waals surface area contributed by atoms with Gasteiger partial charge in [0.05, 0.1) is 6.04 Å². The van der Waals surface area contributed by atoms with Crippen molar-refractivity contribution in [2.24, 2.45) is 5.92 Å². The van der Waals surface area contributed by atoms with Crippen LogP contribution >= 0.6 is 0 Å². The minimum atomic E-state index is -0.397. The van der Waals surface area contributed by atoms with Crippen molar-refractivity contribution in [2.45, 2.75) is 40.2 Å². The molecule has 0 unspecified atom stereocenters. The van der Waals surface area contributed by atoms with E-state index in [2.05, 4.69) is 5.32 Å². The normalized spacial score (nSPS) is 15.9. The van der Waals surface area contributed by atoms with Crippen LogP contribution in [0.25, 0.3) is 0 Å². The van der Waals surface area contributed by atoms with Crippen LogP contribution in [0.4, 0.5) is 0 Å². The van der Waals surface area contributed by atoms with Gasteiger partial charge < -0.3 is 10.1 Å². The maximum Gasteiger partial charge on any atom is 0.247 e. The Hall–Kier alpha value is -1.38. The zero-order valence-electron chi connectivity index (χ0n) is 10.5. The van der Waals surface area contributed by atoms with Crippen LogP contribution in [0.1, 0.15) is 34.1 Å². The molecule has 0 radical (unpaired) electrons. The summed E-state index contributed by atoms with van der Waals surface area (Å²) in [5, 5.41) is 2.72. The van der Waals surface area contributed by atoms with E-state index in [1.165, 1.54) is 0 Å². The lowest BCUT2D eigenvalue weighted by Crippen LogP contribution is -2.40. The van der Waals surface area contributed by atoms with E-state index >= 15 is 0 Å². The number of hydrogen-bond donors (Lipinski definition) is 1. The number of allylic oxidation sites excluding steroid dienone is 3. The lowest BCUT2D eigenvalue weighted by atomic mass is 10.00. The van der Waals surface area contributed by atoms with Crippen LogP contribution in [0.15, 0.2) is 23.8 Å². The smallest absolute Gasteiger partial charge is 0.247 e. The van der Waals surface area contributed by atoms with Gasteiger partial charge in [-0.25, -0.2) is 0 Å². The molecule has 0 fully saturated rings. The number of nitrogens with one attached hydrogen (secondary N) is 1. The Morgan fingerprint density at radius 2 is 2.06 bits per heavy atom. The molecule has 0 bridgehead atoms. The number of amides is 1. The van der Waals surface area contributed by atoms with Gasteiger partial charge in [-0.1, -0.05) is 38.5 Å². The van der Waals surface area contributed by atoms with Crippen LogP contribution in [-0.4, -0.2) is 18.2 Å². The highest BCUT2D eigenvalue weighted by Gasteiger charge is 2.17. The van der Waals surface area contributed by atoms with Crippen molar-refractivity contribution in [2.75, 3.05) is 0 Å². The van der Waals surface area contributed by atoms with Gasteiger partial charge in [-0.15, -0.1) is 0 Å². The molecule has 0 aromatic rings. The van der Waals surface area contributed by atoms with E-state index in [1.807, 2.05) is 26.8 Å². The van der Waals surface area contributed by atoms with Crippen molar-refractivity contribution < 1.29 is 9.59 Å². The highest BCUT2D eigenvalue weighted by Crippen LogP contribution is 2.06. The second-order valence-electron chi connectivity index (χ2n) is 3.90. The zero-order chi connectivity index (χ0) is 12.6. The first-order valence-electron chi connectivity index (χ1n) is 5.62. The van der Waals surface area contributed by atoms with E-state index in [0.717, 1.165) is 12.7 Å². The molecule has 0 aliphatic heterocycles. The average Bonchev–Trinajstić information content (AvgIpc) is 2.31. The highest BCUT2D eigenvalue weighted by atomic mass is 16.2. The predicted octanol–water partition coefficient (Wildman–Crippen LogP) is 2.24. The minimum absolute atomic E-state index is 0.163. The molecule has 0 aromatic carbocycles. The largest absolute Gasteiger partial charge is 0.343 e. The Morgan fingerprint density at radius 3 is 2.50 bits per heavy atom. The third-order valence-electron chi connectivity index (χ3n) is 2.60. The molecule has 3 heteroatoms. The summed E-state index contributed by atoms with van der Waals surface area (Å²) in [6, 6.07) is -0.397. The molecule has 0 spiro atoms. The average molecular weight is 223 g/mol. The summed E-state index contributed by atoms with van der Waals surface area (Å²) in [7, 11) is 0. The topological polar surface area (TPSA) is 46.2 Å². The van der Waals surface area contributed by atoms with E-state index in [1.54, 1.807) is 19.1 Å². The molecule has 0 rings (SSSR count). The van der Waals surface area contributed by atoms with Gasteiger partial charge >= 0.3 is 0 Å². The van der Waals surface area contributed by atoms with Crippen molar-refractivity contribution >= 4 is 12.2 Å². The maximum absolute atomic E-state index is 11.7. The Bertz CT molecular complexity index is 292. The fourth-order valence-corrected chi connectivity index (χ4v) is 1.15. The van der Waals surface area contributed by atoms with Crippen LogP contribution in [0.2, 0.25) is 0 Å². The van der Waals surface area contributed by atoms with Gasteiger partial charge in [0.2, 0.25) is 5.91 Å². The molecule has 1 N–H and O–H groups in total. The number of carbonyl (C=O) groups excluding carboxylic acids is 2. The number of aldehydes is 1. The molecule has 2 atom stereocenters. The van der Waals surface area contributed by atoms with Crippen LogP contribution in [0.5, 0.6) is 0 Å². The van der Waals surface area contributed by atoms with Gasteiger partial charge in [0.15, 0.2) is 0 Å². The number of carbonyl (C=O) groups is 2. The summed E-state index contributed by atoms with van der Waals surface area (Å²) >= 11 is 0. The first-order chi connectivity index (χ1) is 7.56. The summed E-state index contributed by atoms with van der Waals surface area (Å²) in [5.74, 6) is -0.0218. The fourth-order valence-electron chi connectivity index (χ4n) is 1.15. The van der Waals surface area contributed by atoms with E-state index in [4.69, 9.17) is 0 Å². The molecule has 0 aliphatic rings. The van der Waals surface area contributed by atoms with Gasteiger partial charge in [0.25, 0.3) is 0 Å². The second-order valence-corrected chi connectivity index (χ2v) is 3.90. The van der Waals surface area contributed by atoms with E-state index in [9.17, 15) is 9.59 Å². The third-order valence-corrected chi connectivity index (χ3v) is 2.60. The lowest BCUT2D eigenvalue weighted by Gasteiger charge is -2.18. The Kier molecular flexibility index (Phi) is 7.18. The van der Waals surface area contributed by atoms with Gasteiger partial charge in [0, 0.05) is 5.57 Å². The van der Waals surface area contributed by atoms with E-state index < -0.39 is 6.04 Å². The van der Waals surface area contributed by atoms with E-state index in [-0.39, 0.29) is 11.8 Å². The van der Waals surface area contributed by atoms with Crippen LogP contribution in [-0.2, 0) is 9.59 Å². The molecule has 0 saturated heterocycles. The molecular formula is C13H21NO2. The van der Waals surface area contributed by atoms with Gasteiger partial charge in [0.1, 0.15) is 6.29 Å². The Balaban J connectivity index is 4.47. The van der Waals surface area contributed by atoms with Gasteiger partial charge in [-0.3, -0.25) is 4.79 Å². The summed E-state index contributed by atoms with van der Waals surface area (Å²) in [6.07, 6.45) is 7.04. The molecule has 0 heterocycles. The van der Waals surface area contributed by atoms with Crippen molar-refractivity contribution in [1.82, 2.24) is 5.32 Å². The standard InChI is InChI=1S/C13H21NO2/c1-5-7-8-11(4)13(16)14-12(9-15)10(3)6-2/h5,7-10,12H,6H2,1-4H3,(H,14,16)/b7-5+,11-8+/t10-,12+/m0/s1. The Morgan fingerprint density at radius 1 is 1.44 bits per heavy atom. The first-order valence-corrected chi connectivity index (χ1v) is 5.62. The minimum Gasteiger partial charge on any atom is -0.343 e. The SMILES string of the molecule is C/C=C/C=C(\C)C(=O)N[C@H](C=O)[C@@H](C)CC. The fraction of sp³-hybridized carbons (Fsp3) is 0.538. The molecule has 16 heavy (non-hydrogen) atoms. The maximum atomic E-state index is 11.7. The monoisotopic (exact) mass is 223 g/mol. The van der Waals surface area contributed by atoms with Gasteiger partial charge in [-0.05, 0) is 19.8 Å². The predicted molar refractivity (Wildman–Crippen MR) is 66.0 cm³/mol. The van der Waals surface area contributed by atoms with Crippen LogP contribution in [0.3, 0.4) is 0 Å². The van der Waals surface area contributed by atoms with Crippen LogP contribution in [0, 0.1) is 5.92 Å². The van der Waals surface area contributed by atoms with Crippen molar-refractivity contribution in [3.63, 3.8) is 0 Å². The summed E-state index contributed by atoms with van der Waals surface area (Å²) in [5.41, 5.74) is 0.605. The molecule has 1 amide bonds. The highest BCUT2D eigenvalue weighted by molar-refractivity contribution is 5.94. The summed E-state index contributed by atoms with van der Waals surface area (Å²) in [6.45, 7) is 7.56. The molecular weight excluding hydrogens is 202 g/mol. The van der Waals surface area contributed by atoms with Crippen LogP contribution < -0.4 is 5.32 Å². The molecule has 0 aromatic heterocycles. The number of hydrogen-bond acceptors (Lipinski definition) is 2. The van der Waals surface area contributed by atoms with Crippen molar-refractivity contribution in [3.8, 4) is 0 Å². The summed E-state index contributed by atoms with van der Waals surface area (Å²) < 4.78 is 0. The Labute approximate surface area is 97.6 Å². The summed E-state index contributed by atoms with van der Waals surface area (Å²) in [4.78, 5) is 22.5. The molecule has 0 aliphatic carbocycles. The lowest BCUT2D eigenvalue weighted by molar-refractivity contribution is -0.121. The van der Waals surface area contributed by atoms with Crippen molar-refractivity contribution in [3.05, 3.63) is 23.8 Å². The van der Waals surface area contributed by atoms with Gasteiger partial charge in [-0.2, -0.15) is 0 Å². The molecule has 0 saturated carbocycles. The zero-order valence-corrected chi connectivity index (χ0v) is 10.5. The number of rotatable bonds is 6. The quantitative estimate of drug-likeness (QED) is 0.426. The third kappa shape index (κ3) is 4.91. The molecule has 90 valence electrons. The van der Waals surface area contributed by atoms with Crippen molar-refractivity contribution in [1.29, 1.82) is 0 Å². The van der Waals surface area contributed by atoms with E-state index in [0.29, 0.717) is 5.57 Å². The first kappa shape index (κ1) is 14.6.